The van der Waals surface area contributed by atoms with Gasteiger partial charge in [-0.15, -0.1) is 0 Å². The molecule has 2 unspecified atom stereocenters. The number of hydrogen-bond donors (Lipinski definition) is 3. The van der Waals surface area contributed by atoms with E-state index in [9.17, 15) is 28.8 Å². The summed E-state index contributed by atoms with van der Waals surface area (Å²) in [7, 11) is 0. The second-order valence-corrected chi connectivity index (χ2v) is 7.56. The number of carboxylic acid groups (broad SMARTS) is 1. The van der Waals surface area contributed by atoms with E-state index in [2.05, 4.69) is 5.32 Å². The van der Waals surface area contributed by atoms with Crippen LogP contribution < -0.4 is 11.1 Å². The number of amides is 3. The molecule has 4 N–H and O–H groups in total. The van der Waals surface area contributed by atoms with E-state index < -0.39 is 48.3 Å². The van der Waals surface area contributed by atoms with Crippen LogP contribution in [0, 0.1) is 0 Å². The highest BCUT2D eigenvalue weighted by molar-refractivity contribution is 8.13. The van der Waals surface area contributed by atoms with E-state index in [-0.39, 0.29) is 43.2 Å². The van der Waals surface area contributed by atoms with E-state index in [1.165, 1.54) is 6.92 Å². The van der Waals surface area contributed by atoms with Gasteiger partial charge in [-0.05, 0) is 12.8 Å². The predicted molar refractivity (Wildman–Crippen MR) is 113 cm³/mol. The lowest BCUT2D eigenvalue weighted by Gasteiger charge is -2.29. The Morgan fingerprint density at radius 1 is 1.06 bits per heavy atom. The fourth-order valence-electron chi connectivity index (χ4n) is 2.31. The molecule has 2 atom stereocenters. The topological polar surface area (TPSA) is 173 Å². The maximum Gasteiger partial charge on any atom is 0.322 e. The summed E-state index contributed by atoms with van der Waals surface area (Å²) in [6, 6.07) is -2.47. The minimum atomic E-state index is -1.39. The van der Waals surface area contributed by atoms with Crippen molar-refractivity contribution in [2.75, 3.05) is 18.9 Å². The SMILES string of the molecule is CCCOC(=O)C(N)CCC(=O)N(C(=O)CC)C(CSC(=O)CC)C(=O)NCC(=O)O. The van der Waals surface area contributed by atoms with Gasteiger partial charge in [-0.2, -0.15) is 0 Å². The molecule has 0 aromatic heterocycles. The molecular weight excluding hydrogens is 430 g/mol. The van der Waals surface area contributed by atoms with Crippen LogP contribution in [0.5, 0.6) is 0 Å². The minimum absolute atomic E-state index is 0.106. The van der Waals surface area contributed by atoms with E-state index >= 15 is 0 Å². The maximum absolute atomic E-state index is 12.8. The number of carbonyl (C=O) groups excluding carboxylic acids is 5. The van der Waals surface area contributed by atoms with Gasteiger partial charge in [0.1, 0.15) is 18.6 Å². The molecule has 0 spiro atoms. The molecule has 0 fully saturated rings. The van der Waals surface area contributed by atoms with E-state index in [1.54, 1.807) is 6.92 Å². The first kappa shape index (κ1) is 28.5. The molecule has 176 valence electrons. The predicted octanol–water partition coefficient (Wildman–Crippen LogP) is 0.0515. The van der Waals surface area contributed by atoms with Crippen molar-refractivity contribution in [1.82, 2.24) is 10.2 Å². The van der Waals surface area contributed by atoms with Crippen molar-refractivity contribution < 1.29 is 38.6 Å². The molecule has 0 radical (unpaired) electrons. The average molecular weight is 462 g/mol. The lowest BCUT2D eigenvalue weighted by molar-refractivity contribution is -0.151. The fraction of sp³-hybridized carbons (Fsp3) is 0.684. The van der Waals surface area contributed by atoms with E-state index in [4.69, 9.17) is 15.6 Å². The number of hydrogen-bond acceptors (Lipinski definition) is 9. The van der Waals surface area contributed by atoms with Gasteiger partial charge in [0, 0.05) is 25.0 Å². The summed E-state index contributed by atoms with van der Waals surface area (Å²) in [6.45, 7) is 4.40. The molecule has 0 aromatic carbocycles. The third-order valence-corrected chi connectivity index (χ3v) is 5.07. The lowest BCUT2D eigenvalue weighted by Crippen LogP contribution is -2.54. The number of rotatable bonds is 14. The summed E-state index contributed by atoms with van der Waals surface area (Å²) in [5, 5.41) is 10.7. The molecule has 0 heterocycles. The van der Waals surface area contributed by atoms with Crippen LogP contribution in [-0.2, 0) is 33.5 Å². The van der Waals surface area contributed by atoms with Crippen molar-refractivity contribution in [2.45, 2.75) is 65.0 Å². The number of imide groups is 1. The zero-order valence-electron chi connectivity index (χ0n) is 18.0. The van der Waals surface area contributed by atoms with Gasteiger partial charge >= 0.3 is 11.9 Å². The Labute approximate surface area is 185 Å². The fourth-order valence-corrected chi connectivity index (χ4v) is 3.15. The van der Waals surface area contributed by atoms with E-state index in [1.807, 2.05) is 6.92 Å². The van der Waals surface area contributed by atoms with Gasteiger partial charge in [0.15, 0.2) is 5.12 Å². The Bertz CT molecular complexity index is 671. The lowest BCUT2D eigenvalue weighted by atomic mass is 10.1. The van der Waals surface area contributed by atoms with Crippen molar-refractivity contribution in [3.05, 3.63) is 0 Å². The maximum atomic E-state index is 12.8. The highest BCUT2D eigenvalue weighted by atomic mass is 32.2. The van der Waals surface area contributed by atoms with Gasteiger partial charge in [-0.25, -0.2) is 0 Å². The number of carboxylic acids is 1. The van der Waals surface area contributed by atoms with E-state index in [0.29, 0.717) is 6.42 Å². The number of aliphatic carboxylic acids is 1. The van der Waals surface area contributed by atoms with Gasteiger partial charge in [-0.1, -0.05) is 32.5 Å². The summed E-state index contributed by atoms with van der Waals surface area (Å²) < 4.78 is 4.92. The molecule has 0 saturated carbocycles. The number of thioether (sulfide) groups is 1. The van der Waals surface area contributed by atoms with Gasteiger partial charge in [-0.3, -0.25) is 33.7 Å². The molecule has 0 aliphatic rings. The van der Waals surface area contributed by atoms with Crippen LogP contribution >= 0.6 is 11.8 Å². The third kappa shape index (κ3) is 10.9. The normalized spacial score (nSPS) is 12.4. The Kier molecular flexibility index (Phi) is 14.1. The van der Waals surface area contributed by atoms with Crippen LogP contribution in [0.1, 0.15) is 52.9 Å². The Morgan fingerprint density at radius 2 is 1.71 bits per heavy atom. The second kappa shape index (κ2) is 15.3. The van der Waals surface area contributed by atoms with Crippen LogP contribution in [0.4, 0.5) is 0 Å². The largest absolute Gasteiger partial charge is 0.480 e. The first-order valence-corrected chi connectivity index (χ1v) is 11.0. The highest BCUT2D eigenvalue weighted by Gasteiger charge is 2.35. The van der Waals surface area contributed by atoms with Crippen LogP contribution in [0.25, 0.3) is 0 Å². The van der Waals surface area contributed by atoms with Gasteiger partial charge in [0.2, 0.25) is 17.7 Å². The molecule has 11 nitrogen and oxygen atoms in total. The third-order valence-electron chi connectivity index (χ3n) is 3.98. The standard InChI is InChI=1S/C19H31N3O8S/c1-4-9-30-19(29)12(20)7-8-15(24)22(14(23)5-2)13(11-31-17(27)6-3)18(28)21-10-16(25)26/h12-13H,4-11,20H2,1-3H3,(H,21,28)(H,25,26). The number of nitrogens with zero attached hydrogens (tertiary/aromatic N) is 1. The average Bonchev–Trinajstić information content (AvgIpc) is 2.75. The molecule has 0 aliphatic carbocycles. The molecule has 0 aromatic rings. The van der Waals surface area contributed by atoms with Crippen molar-refractivity contribution in [2.24, 2.45) is 5.73 Å². The first-order chi connectivity index (χ1) is 14.6. The Hall–Kier alpha value is -2.47. The molecule has 12 heteroatoms. The minimum Gasteiger partial charge on any atom is -0.480 e. The number of ether oxygens (including phenoxy) is 1. The quantitative estimate of drug-likeness (QED) is 0.300. The van der Waals surface area contributed by atoms with Crippen LogP contribution in [0.15, 0.2) is 0 Å². The molecule has 0 aliphatic heterocycles. The van der Waals surface area contributed by atoms with Crippen molar-refractivity contribution in [3.8, 4) is 0 Å². The summed E-state index contributed by atoms with van der Waals surface area (Å²) in [5.41, 5.74) is 5.72. The smallest absolute Gasteiger partial charge is 0.322 e. The van der Waals surface area contributed by atoms with Gasteiger partial charge < -0.3 is 20.9 Å². The van der Waals surface area contributed by atoms with Crippen LogP contribution in [0.3, 0.4) is 0 Å². The number of carbonyl (C=O) groups is 6. The van der Waals surface area contributed by atoms with Crippen molar-refractivity contribution in [1.29, 1.82) is 0 Å². The molecule has 0 rings (SSSR count). The zero-order chi connectivity index (χ0) is 24.0. The number of nitrogens with two attached hydrogens (primary N) is 1. The van der Waals surface area contributed by atoms with Crippen LogP contribution in [-0.4, -0.2) is 75.8 Å². The molecule has 0 saturated heterocycles. The summed E-state index contributed by atoms with van der Waals surface area (Å²) in [6.07, 6.45) is 0.254. The summed E-state index contributed by atoms with van der Waals surface area (Å²) >= 11 is 0.767. The van der Waals surface area contributed by atoms with Crippen molar-refractivity contribution >= 4 is 46.5 Å². The Balaban J connectivity index is 5.47. The summed E-state index contributed by atoms with van der Waals surface area (Å²) in [4.78, 5) is 72.7. The highest BCUT2D eigenvalue weighted by Crippen LogP contribution is 2.16. The van der Waals surface area contributed by atoms with Gasteiger partial charge in [0.25, 0.3) is 0 Å². The molecule has 3 amide bonds. The molecule has 0 bridgehead atoms. The van der Waals surface area contributed by atoms with E-state index in [0.717, 1.165) is 16.7 Å². The Morgan fingerprint density at radius 3 is 2.23 bits per heavy atom. The number of nitrogens with one attached hydrogen (secondary N) is 1. The van der Waals surface area contributed by atoms with Gasteiger partial charge in [0.05, 0.1) is 6.61 Å². The molecule has 31 heavy (non-hydrogen) atoms. The number of esters is 1. The van der Waals surface area contributed by atoms with Crippen molar-refractivity contribution in [3.63, 3.8) is 0 Å². The first-order valence-electron chi connectivity index (χ1n) is 10.0. The zero-order valence-corrected chi connectivity index (χ0v) is 18.9. The molecular formula is C19H31N3O8S. The van der Waals surface area contributed by atoms with Crippen LogP contribution in [0.2, 0.25) is 0 Å². The second-order valence-electron chi connectivity index (χ2n) is 6.49. The monoisotopic (exact) mass is 461 g/mol. The summed E-state index contributed by atoms with van der Waals surface area (Å²) in [5.74, 6) is -4.51.